The van der Waals surface area contributed by atoms with Gasteiger partial charge in [-0.1, -0.05) is 23.9 Å². The monoisotopic (exact) mass is 490 g/mol. The molecule has 0 radical (unpaired) electrons. The summed E-state index contributed by atoms with van der Waals surface area (Å²) >= 11 is 2.04. The number of hydrogen-bond acceptors (Lipinski definition) is 6. The van der Waals surface area contributed by atoms with Crippen LogP contribution in [-0.4, -0.2) is 57.6 Å². The van der Waals surface area contributed by atoms with Crippen LogP contribution in [0.1, 0.15) is 39.5 Å². The topological polar surface area (TPSA) is 69.3 Å². The summed E-state index contributed by atoms with van der Waals surface area (Å²) in [5, 5.41) is 0.759. The summed E-state index contributed by atoms with van der Waals surface area (Å²) in [6.45, 7) is 2.74. The van der Waals surface area contributed by atoms with Crippen LogP contribution in [0.2, 0.25) is 0 Å². The molecule has 174 valence electrons. The van der Waals surface area contributed by atoms with E-state index in [0.717, 1.165) is 29.5 Å². The predicted octanol–water partition coefficient (Wildman–Crippen LogP) is 4.14. The van der Waals surface area contributed by atoms with E-state index < -0.39 is 5.76 Å². The van der Waals surface area contributed by atoms with Crippen LogP contribution in [-0.2, 0) is 19.4 Å². The summed E-state index contributed by atoms with van der Waals surface area (Å²) in [6.07, 6.45) is 4.27. The van der Waals surface area contributed by atoms with E-state index in [-0.39, 0.29) is 11.5 Å². The number of benzene rings is 1. The summed E-state index contributed by atoms with van der Waals surface area (Å²) in [4.78, 5) is 39.7. The number of aryl methyl sites for hydroxylation is 2. The molecule has 2 aliphatic rings. The standard InChI is InChI=1S/C23H24F2N4O2S2/c24-23(25)33-17-8-4-2-6-15(17)22(31)29-11-9-28(10-12-29)13-18-26-20(30)19-14-5-1-3-7-16(14)32-21(19)27-18/h2,4,6,8,23H,1,3,5,7,9-13H2,(H,26,27,30). The molecule has 0 spiro atoms. The van der Waals surface area contributed by atoms with Gasteiger partial charge in [-0.15, -0.1) is 11.3 Å². The summed E-state index contributed by atoms with van der Waals surface area (Å²) in [5.41, 5.74) is 1.43. The summed E-state index contributed by atoms with van der Waals surface area (Å²) in [6, 6.07) is 6.51. The minimum absolute atomic E-state index is 0.0589. The maximum atomic E-state index is 12.9. The molecule has 1 saturated heterocycles. The Morgan fingerprint density at radius 1 is 1.15 bits per heavy atom. The molecule has 3 heterocycles. The third kappa shape index (κ3) is 4.69. The second kappa shape index (κ2) is 9.52. The Balaban J connectivity index is 1.25. The van der Waals surface area contributed by atoms with Gasteiger partial charge in [-0.3, -0.25) is 14.5 Å². The van der Waals surface area contributed by atoms with Crippen molar-refractivity contribution < 1.29 is 13.6 Å². The van der Waals surface area contributed by atoms with Gasteiger partial charge in [0.2, 0.25) is 0 Å². The number of amides is 1. The number of rotatable bonds is 5. The van der Waals surface area contributed by atoms with Crippen molar-refractivity contribution in [1.29, 1.82) is 0 Å². The maximum Gasteiger partial charge on any atom is 0.288 e. The largest absolute Gasteiger partial charge is 0.336 e. The third-order valence-electron chi connectivity index (χ3n) is 6.24. The number of carbonyl (C=O) groups is 1. The van der Waals surface area contributed by atoms with Gasteiger partial charge < -0.3 is 9.88 Å². The fourth-order valence-corrected chi connectivity index (χ4v) is 6.53. The molecule has 1 N–H and O–H groups in total. The SMILES string of the molecule is O=C(c1ccccc1SC(F)F)N1CCN(Cc2nc3sc4c(c3c(=O)[nH]2)CCCC4)CC1. The Labute approximate surface area is 198 Å². The van der Waals surface area contributed by atoms with Crippen LogP contribution in [0.5, 0.6) is 0 Å². The molecular weight excluding hydrogens is 466 g/mol. The third-order valence-corrected chi connectivity index (χ3v) is 8.21. The first kappa shape index (κ1) is 22.5. The van der Waals surface area contributed by atoms with E-state index in [2.05, 4.69) is 9.88 Å². The number of thioether (sulfide) groups is 1. The second-order valence-corrected chi connectivity index (χ2v) is 10.5. The zero-order valence-corrected chi connectivity index (χ0v) is 19.6. The number of halogens is 2. The lowest BCUT2D eigenvalue weighted by molar-refractivity contribution is 0.0622. The van der Waals surface area contributed by atoms with Crippen molar-refractivity contribution in [3.63, 3.8) is 0 Å². The number of alkyl halides is 2. The van der Waals surface area contributed by atoms with Gasteiger partial charge in [0.25, 0.3) is 17.2 Å². The number of carbonyl (C=O) groups excluding carboxylic acids is 1. The lowest BCUT2D eigenvalue weighted by atomic mass is 9.97. The summed E-state index contributed by atoms with van der Waals surface area (Å²) in [5.74, 6) is -2.16. The highest BCUT2D eigenvalue weighted by molar-refractivity contribution is 7.99. The Bertz CT molecular complexity index is 1230. The average Bonchev–Trinajstić information content (AvgIpc) is 3.18. The van der Waals surface area contributed by atoms with E-state index in [1.807, 2.05) is 0 Å². The van der Waals surface area contributed by atoms with Crippen LogP contribution in [0.25, 0.3) is 10.2 Å². The van der Waals surface area contributed by atoms with Crippen LogP contribution >= 0.6 is 23.1 Å². The minimum atomic E-state index is -2.57. The number of nitrogens with one attached hydrogen (secondary N) is 1. The molecule has 3 aromatic rings. The molecule has 5 rings (SSSR count). The van der Waals surface area contributed by atoms with Crippen LogP contribution < -0.4 is 5.56 Å². The molecule has 1 amide bonds. The molecule has 6 nitrogen and oxygen atoms in total. The minimum Gasteiger partial charge on any atom is -0.336 e. The molecule has 1 aliphatic carbocycles. The first-order chi connectivity index (χ1) is 16.0. The van der Waals surface area contributed by atoms with E-state index in [4.69, 9.17) is 4.98 Å². The highest BCUT2D eigenvalue weighted by Crippen LogP contribution is 2.33. The molecule has 2 aromatic heterocycles. The zero-order valence-electron chi connectivity index (χ0n) is 18.0. The first-order valence-electron chi connectivity index (χ1n) is 11.1. The number of H-pyrrole nitrogens is 1. The predicted molar refractivity (Wildman–Crippen MR) is 126 cm³/mol. The van der Waals surface area contributed by atoms with Crippen molar-refractivity contribution >= 4 is 39.2 Å². The van der Waals surface area contributed by atoms with Crippen molar-refractivity contribution in [3.8, 4) is 0 Å². The Morgan fingerprint density at radius 2 is 1.91 bits per heavy atom. The lowest BCUT2D eigenvalue weighted by Crippen LogP contribution is -2.48. The van der Waals surface area contributed by atoms with Crippen LogP contribution in [0.3, 0.4) is 0 Å². The molecule has 10 heteroatoms. The highest BCUT2D eigenvalue weighted by atomic mass is 32.2. The molecule has 0 saturated carbocycles. The Kier molecular flexibility index (Phi) is 6.49. The van der Waals surface area contributed by atoms with Gasteiger partial charge in [-0.05, 0) is 43.4 Å². The number of thiophene rings is 1. The number of aromatic amines is 1. The van der Waals surface area contributed by atoms with Crippen molar-refractivity contribution in [1.82, 2.24) is 19.8 Å². The zero-order chi connectivity index (χ0) is 22.9. The number of fused-ring (bicyclic) bond motifs is 3. The van der Waals surface area contributed by atoms with E-state index >= 15 is 0 Å². The van der Waals surface area contributed by atoms with Crippen LogP contribution in [0.15, 0.2) is 34.0 Å². The fraction of sp³-hybridized carbons (Fsp3) is 0.435. The van der Waals surface area contributed by atoms with Gasteiger partial charge in [0.15, 0.2) is 0 Å². The molecule has 0 unspecified atom stereocenters. The van der Waals surface area contributed by atoms with E-state index in [1.165, 1.54) is 16.9 Å². The smallest absolute Gasteiger partial charge is 0.288 e. The molecule has 0 atom stereocenters. The number of hydrogen-bond donors (Lipinski definition) is 1. The summed E-state index contributed by atoms with van der Waals surface area (Å²) in [7, 11) is 0. The van der Waals surface area contributed by atoms with Gasteiger partial charge in [0.1, 0.15) is 10.7 Å². The number of nitrogens with zero attached hydrogens (tertiary/aromatic N) is 3. The second-order valence-electron chi connectivity index (χ2n) is 8.35. The van der Waals surface area contributed by atoms with Crippen molar-refractivity contribution in [3.05, 3.63) is 56.4 Å². The average molecular weight is 491 g/mol. The molecule has 33 heavy (non-hydrogen) atoms. The fourth-order valence-electron chi connectivity index (χ4n) is 4.62. The molecule has 1 fully saturated rings. The molecule has 0 bridgehead atoms. The van der Waals surface area contributed by atoms with Crippen LogP contribution in [0, 0.1) is 0 Å². The first-order valence-corrected chi connectivity index (χ1v) is 12.8. The van der Waals surface area contributed by atoms with Crippen molar-refractivity contribution in [2.24, 2.45) is 0 Å². The van der Waals surface area contributed by atoms with Gasteiger partial charge in [-0.2, -0.15) is 8.78 Å². The molecule has 1 aromatic carbocycles. The molecular formula is C23H24F2N4O2S2. The van der Waals surface area contributed by atoms with Gasteiger partial charge in [0, 0.05) is 36.0 Å². The van der Waals surface area contributed by atoms with E-state index in [9.17, 15) is 18.4 Å². The van der Waals surface area contributed by atoms with Crippen molar-refractivity contribution in [2.75, 3.05) is 26.2 Å². The van der Waals surface area contributed by atoms with E-state index in [0.29, 0.717) is 60.8 Å². The quantitative estimate of drug-likeness (QED) is 0.545. The maximum absolute atomic E-state index is 12.9. The Hall–Kier alpha value is -2.30. The van der Waals surface area contributed by atoms with Gasteiger partial charge >= 0.3 is 0 Å². The number of piperazine rings is 1. The summed E-state index contributed by atoms with van der Waals surface area (Å²) < 4.78 is 25.7. The van der Waals surface area contributed by atoms with Gasteiger partial charge in [-0.25, -0.2) is 4.98 Å². The lowest BCUT2D eigenvalue weighted by Gasteiger charge is -2.34. The van der Waals surface area contributed by atoms with Crippen molar-refractivity contribution in [2.45, 2.75) is 42.9 Å². The van der Waals surface area contributed by atoms with E-state index in [1.54, 1.807) is 40.5 Å². The normalized spacial score (nSPS) is 17.0. The van der Waals surface area contributed by atoms with Gasteiger partial charge in [0.05, 0.1) is 17.5 Å². The van der Waals surface area contributed by atoms with Crippen LogP contribution in [0.4, 0.5) is 8.78 Å². The molecule has 1 aliphatic heterocycles. The number of aromatic nitrogens is 2. The Morgan fingerprint density at radius 3 is 2.70 bits per heavy atom. The highest BCUT2D eigenvalue weighted by Gasteiger charge is 2.26.